The molecule has 2 heterocycles. The molecule has 26 heavy (non-hydrogen) atoms. The van der Waals surface area contributed by atoms with E-state index >= 15 is 0 Å². The zero-order chi connectivity index (χ0) is 19.2. The number of nitrogens with zero attached hydrogens (tertiary/aromatic N) is 5. The lowest BCUT2D eigenvalue weighted by molar-refractivity contribution is 0.166. The molecule has 1 aliphatic heterocycles. The van der Waals surface area contributed by atoms with Crippen molar-refractivity contribution in [2.45, 2.75) is 20.8 Å². The van der Waals surface area contributed by atoms with Gasteiger partial charge in [0.2, 0.25) is 11.8 Å². The van der Waals surface area contributed by atoms with Crippen LogP contribution in [-0.4, -0.2) is 78.9 Å². The van der Waals surface area contributed by atoms with Crippen molar-refractivity contribution in [1.29, 1.82) is 0 Å². The fourth-order valence-electron chi connectivity index (χ4n) is 2.52. The van der Waals surface area contributed by atoms with Crippen molar-refractivity contribution in [3.63, 3.8) is 0 Å². The lowest BCUT2D eigenvalue weighted by Gasteiger charge is -2.36. The van der Waals surface area contributed by atoms with Crippen molar-refractivity contribution in [2.75, 3.05) is 57.9 Å². The lowest BCUT2D eigenvalue weighted by atomic mass is 9.95. The Morgan fingerprint density at radius 2 is 2.08 bits per heavy atom. The Morgan fingerprint density at radius 3 is 2.65 bits per heavy atom. The summed E-state index contributed by atoms with van der Waals surface area (Å²) in [4.78, 5) is 17.9. The van der Waals surface area contributed by atoms with Crippen LogP contribution in [0, 0.1) is 5.41 Å². The van der Waals surface area contributed by atoms with Crippen LogP contribution < -0.4 is 15.0 Å². The molecule has 0 unspecified atom stereocenters. The summed E-state index contributed by atoms with van der Waals surface area (Å²) >= 11 is 3.38. The highest BCUT2D eigenvalue weighted by atomic mass is 79.9. The monoisotopic (exact) mass is 428 g/mol. The van der Waals surface area contributed by atoms with Gasteiger partial charge in [-0.2, -0.15) is 4.98 Å². The van der Waals surface area contributed by atoms with Crippen LogP contribution >= 0.6 is 15.9 Å². The summed E-state index contributed by atoms with van der Waals surface area (Å²) in [7, 11) is 1.60. The van der Waals surface area contributed by atoms with Crippen molar-refractivity contribution >= 4 is 27.8 Å². The molecule has 8 nitrogen and oxygen atoms in total. The van der Waals surface area contributed by atoms with Gasteiger partial charge in [-0.15, -0.1) is 0 Å². The number of rotatable bonds is 6. The first kappa shape index (κ1) is 20.7. The van der Waals surface area contributed by atoms with Gasteiger partial charge in [-0.05, 0) is 22.9 Å². The summed E-state index contributed by atoms with van der Waals surface area (Å²) < 4.78 is 6.00. The van der Waals surface area contributed by atoms with Gasteiger partial charge in [0, 0.05) is 44.7 Å². The number of methoxy groups -OCH3 is 1. The van der Waals surface area contributed by atoms with E-state index < -0.39 is 0 Å². The molecular formula is C17H29BrN6O2. The molecule has 1 aromatic heterocycles. The number of aromatic nitrogens is 2. The van der Waals surface area contributed by atoms with Gasteiger partial charge >= 0.3 is 0 Å². The van der Waals surface area contributed by atoms with Gasteiger partial charge in [-0.3, -0.25) is 4.99 Å². The lowest BCUT2D eigenvalue weighted by Crippen LogP contribution is -2.53. The van der Waals surface area contributed by atoms with Crippen LogP contribution in [0.5, 0.6) is 5.88 Å². The number of hydrogen-bond donors (Lipinski definition) is 2. The number of aliphatic hydroxyl groups is 1. The summed E-state index contributed by atoms with van der Waals surface area (Å²) in [6.45, 7) is 10.9. The minimum absolute atomic E-state index is 0.117. The third-order valence-electron chi connectivity index (χ3n) is 4.17. The summed E-state index contributed by atoms with van der Waals surface area (Å²) in [6, 6.07) is 0. The Balaban J connectivity index is 2.02. The van der Waals surface area contributed by atoms with Gasteiger partial charge in [-0.1, -0.05) is 13.8 Å². The highest BCUT2D eigenvalue weighted by molar-refractivity contribution is 9.10. The minimum Gasteiger partial charge on any atom is -0.480 e. The molecule has 146 valence electrons. The van der Waals surface area contributed by atoms with Crippen molar-refractivity contribution < 1.29 is 9.84 Å². The summed E-state index contributed by atoms with van der Waals surface area (Å²) in [5, 5.41) is 12.8. The Kier molecular flexibility index (Phi) is 7.45. The summed E-state index contributed by atoms with van der Waals surface area (Å²) in [6.07, 6.45) is 1.72. The number of halogens is 1. The van der Waals surface area contributed by atoms with E-state index in [0.717, 1.165) is 43.2 Å². The molecule has 0 bridgehead atoms. The first-order valence-electron chi connectivity index (χ1n) is 8.86. The molecule has 1 aromatic rings. The number of nitrogens with one attached hydrogen (secondary N) is 1. The molecule has 9 heteroatoms. The second-order valence-electron chi connectivity index (χ2n) is 6.99. The van der Waals surface area contributed by atoms with E-state index in [2.05, 4.69) is 47.9 Å². The third kappa shape index (κ3) is 5.44. The van der Waals surface area contributed by atoms with E-state index in [-0.39, 0.29) is 12.0 Å². The predicted molar refractivity (Wildman–Crippen MR) is 107 cm³/mol. The van der Waals surface area contributed by atoms with E-state index in [9.17, 15) is 5.11 Å². The molecule has 0 aromatic carbocycles. The number of aliphatic imine (C=N–C) groups is 1. The molecule has 0 radical (unpaired) electrons. The minimum atomic E-state index is -0.218. The first-order chi connectivity index (χ1) is 12.4. The van der Waals surface area contributed by atoms with E-state index in [0.29, 0.717) is 18.4 Å². The fourth-order valence-corrected chi connectivity index (χ4v) is 2.87. The van der Waals surface area contributed by atoms with Crippen LogP contribution in [0.4, 0.5) is 5.95 Å². The highest BCUT2D eigenvalue weighted by Gasteiger charge is 2.23. The standard InChI is InChI=1S/C17H29BrN6O2/c1-5-19-15(21-11-17(2,3)12-25)23-6-8-24(9-7-23)16-20-10-13(18)14(22-16)26-4/h10,25H,5-9,11-12H2,1-4H3,(H,19,21). The SMILES string of the molecule is CCNC(=NCC(C)(C)CO)N1CCN(c2ncc(Br)c(OC)n2)CC1. The number of piperazine rings is 1. The Bertz CT molecular complexity index is 617. The largest absolute Gasteiger partial charge is 0.480 e. The molecule has 0 atom stereocenters. The van der Waals surface area contributed by atoms with Gasteiger partial charge < -0.3 is 25.0 Å². The van der Waals surface area contributed by atoms with Gasteiger partial charge in [0.25, 0.3) is 0 Å². The van der Waals surface area contributed by atoms with E-state index in [1.54, 1.807) is 13.3 Å². The average molecular weight is 429 g/mol. The van der Waals surface area contributed by atoms with Crippen LogP contribution in [0.15, 0.2) is 15.7 Å². The third-order valence-corrected chi connectivity index (χ3v) is 4.72. The Labute approximate surface area is 163 Å². The maximum atomic E-state index is 9.43. The second kappa shape index (κ2) is 9.36. The smallest absolute Gasteiger partial charge is 0.232 e. The molecule has 1 saturated heterocycles. The predicted octanol–water partition coefficient (Wildman–Crippen LogP) is 1.35. The molecule has 0 saturated carbocycles. The molecule has 2 N–H and O–H groups in total. The zero-order valence-corrected chi connectivity index (χ0v) is 17.6. The van der Waals surface area contributed by atoms with Crippen LogP contribution in [0.1, 0.15) is 20.8 Å². The molecule has 1 aliphatic rings. The van der Waals surface area contributed by atoms with Gasteiger partial charge in [-0.25, -0.2) is 4.98 Å². The van der Waals surface area contributed by atoms with Crippen molar-refractivity contribution in [1.82, 2.24) is 20.2 Å². The van der Waals surface area contributed by atoms with Crippen molar-refractivity contribution in [3.8, 4) is 5.88 Å². The van der Waals surface area contributed by atoms with E-state index in [1.165, 1.54) is 0 Å². The maximum Gasteiger partial charge on any atom is 0.232 e. The van der Waals surface area contributed by atoms with Crippen LogP contribution in [0.25, 0.3) is 0 Å². The topological polar surface area (TPSA) is 86.1 Å². The average Bonchev–Trinajstić information content (AvgIpc) is 2.66. The zero-order valence-electron chi connectivity index (χ0n) is 16.0. The van der Waals surface area contributed by atoms with E-state index in [4.69, 9.17) is 9.73 Å². The maximum absolute atomic E-state index is 9.43. The number of ether oxygens (including phenoxy) is 1. The quantitative estimate of drug-likeness (QED) is 0.522. The highest BCUT2D eigenvalue weighted by Crippen LogP contribution is 2.24. The van der Waals surface area contributed by atoms with Gasteiger partial charge in [0.1, 0.15) is 0 Å². The van der Waals surface area contributed by atoms with Crippen LogP contribution in [0.2, 0.25) is 0 Å². The summed E-state index contributed by atoms with van der Waals surface area (Å²) in [5.74, 6) is 2.11. The number of hydrogen-bond acceptors (Lipinski definition) is 6. The Morgan fingerprint density at radius 1 is 1.38 bits per heavy atom. The summed E-state index contributed by atoms with van der Waals surface area (Å²) in [5.41, 5.74) is -0.218. The second-order valence-corrected chi connectivity index (χ2v) is 7.85. The number of anilines is 1. The molecule has 2 rings (SSSR count). The normalized spacial score (nSPS) is 16.0. The van der Waals surface area contributed by atoms with E-state index in [1.807, 2.05) is 13.8 Å². The number of guanidine groups is 1. The van der Waals surface area contributed by atoms with Crippen LogP contribution in [-0.2, 0) is 0 Å². The van der Waals surface area contributed by atoms with Crippen LogP contribution in [0.3, 0.4) is 0 Å². The molecule has 0 spiro atoms. The van der Waals surface area contributed by atoms with Gasteiger partial charge in [0.05, 0.1) is 24.3 Å². The Hall–Kier alpha value is -1.61. The molecule has 0 amide bonds. The fraction of sp³-hybridized carbons (Fsp3) is 0.706. The molecule has 0 aliphatic carbocycles. The first-order valence-corrected chi connectivity index (χ1v) is 9.65. The number of aliphatic hydroxyl groups excluding tert-OH is 1. The molecule has 1 fully saturated rings. The van der Waals surface area contributed by atoms with Gasteiger partial charge in [0.15, 0.2) is 5.96 Å². The van der Waals surface area contributed by atoms with Crippen molar-refractivity contribution in [3.05, 3.63) is 10.7 Å². The van der Waals surface area contributed by atoms with Crippen molar-refractivity contribution in [2.24, 2.45) is 10.4 Å². The molecular weight excluding hydrogens is 400 g/mol.